The molecule has 3 aromatic rings. The van der Waals surface area contributed by atoms with E-state index < -0.39 is 21.9 Å². The summed E-state index contributed by atoms with van der Waals surface area (Å²) in [6, 6.07) is 14.7. The van der Waals surface area contributed by atoms with Gasteiger partial charge in [0.15, 0.2) is 0 Å². The summed E-state index contributed by atoms with van der Waals surface area (Å²) in [5, 5.41) is 1.01. The predicted molar refractivity (Wildman–Crippen MR) is 113 cm³/mol. The zero-order chi connectivity index (χ0) is 21.1. The second kappa shape index (κ2) is 6.78. The molecule has 1 N–H and O–H groups in total. The molecule has 2 heterocycles. The van der Waals surface area contributed by atoms with Crippen LogP contribution in [0.15, 0.2) is 53.4 Å². The van der Waals surface area contributed by atoms with Crippen molar-refractivity contribution in [1.82, 2.24) is 9.29 Å². The number of aromatic amines is 1. The molecule has 30 heavy (non-hydrogen) atoms. The van der Waals surface area contributed by atoms with Gasteiger partial charge in [0.05, 0.1) is 4.90 Å². The van der Waals surface area contributed by atoms with Crippen LogP contribution >= 0.6 is 0 Å². The molecule has 1 aliphatic carbocycles. The smallest absolute Gasteiger partial charge is 0.253 e. The normalized spacial score (nSPS) is 20.8. The fraction of sp³-hybridized carbons (Fsp3) is 0.364. The van der Waals surface area contributed by atoms with Crippen molar-refractivity contribution in [3.05, 3.63) is 48.5 Å². The first-order valence-corrected chi connectivity index (χ1v) is 11.5. The third kappa shape index (κ3) is 3.28. The van der Waals surface area contributed by atoms with E-state index in [4.69, 9.17) is 0 Å². The topological polar surface area (TPSA) is 56.4 Å². The van der Waals surface area contributed by atoms with Gasteiger partial charge in [-0.05, 0) is 36.8 Å². The van der Waals surface area contributed by atoms with Crippen molar-refractivity contribution >= 4 is 26.6 Å². The van der Waals surface area contributed by atoms with Gasteiger partial charge in [-0.15, -0.1) is 0 Å². The Morgan fingerprint density at radius 1 is 1.17 bits per heavy atom. The summed E-state index contributed by atoms with van der Waals surface area (Å²) in [6.45, 7) is 1.28. The molecule has 1 aromatic heterocycles. The molecule has 1 saturated carbocycles. The lowest BCUT2D eigenvalue weighted by atomic mass is 10.1. The van der Waals surface area contributed by atoms with E-state index >= 15 is 0 Å². The third-order valence-corrected chi connectivity index (χ3v) is 8.00. The molecule has 2 aliphatic rings. The molecule has 0 radical (unpaired) electrons. The van der Waals surface area contributed by atoms with Gasteiger partial charge < -0.3 is 9.88 Å². The summed E-state index contributed by atoms with van der Waals surface area (Å²) in [6.07, 6.45) is 0.769. The maximum absolute atomic E-state index is 13.5. The lowest BCUT2D eigenvalue weighted by Crippen LogP contribution is -2.41. The molecular weight excluding hydrogens is 408 g/mol. The van der Waals surface area contributed by atoms with Gasteiger partial charge >= 0.3 is 0 Å². The molecule has 2 aromatic carbocycles. The number of para-hydroxylation sites is 1. The second-order valence-electron chi connectivity index (χ2n) is 8.25. The number of halogens is 2. The van der Waals surface area contributed by atoms with Crippen molar-refractivity contribution in [2.24, 2.45) is 5.92 Å². The zero-order valence-electron chi connectivity index (χ0n) is 16.6. The molecule has 158 valence electrons. The third-order valence-electron chi connectivity index (χ3n) is 6.10. The van der Waals surface area contributed by atoms with Crippen molar-refractivity contribution in [3.8, 4) is 11.3 Å². The van der Waals surface area contributed by atoms with E-state index in [2.05, 4.69) is 4.98 Å². The minimum absolute atomic E-state index is 0.0967. The van der Waals surface area contributed by atoms with Crippen molar-refractivity contribution in [1.29, 1.82) is 0 Å². The number of H-pyrrole nitrogens is 1. The summed E-state index contributed by atoms with van der Waals surface area (Å²) >= 11 is 0. The number of sulfonamides is 1. The van der Waals surface area contributed by atoms with Gasteiger partial charge in [0.1, 0.15) is 0 Å². The number of fused-ring (bicyclic) bond motifs is 1. The maximum Gasteiger partial charge on any atom is 0.253 e. The van der Waals surface area contributed by atoms with Crippen LogP contribution < -0.4 is 4.90 Å². The fourth-order valence-corrected chi connectivity index (χ4v) is 5.56. The molecule has 5 nitrogen and oxygen atoms in total. The largest absolute Gasteiger partial charge is 0.374 e. The van der Waals surface area contributed by atoms with Crippen LogP contribution in [0.3, 0.4) is 0 Å². The fourth-order valence-electron chi connectivity index (χ4n) is 4.02. The number of anilines is 1. The quantitative estimate of drug-likeness (QED) is 0.632. The highest BCUT2D eigenvalue weighted by molar-refractivity contribution is 7.89. The number of nitrogens with one attached hydrogen (secondary N) is 1. The lowest BCUT2D eigenvalue weighted by Gasteiger charge is -2.30. The monoisotopic (exact) mass is 431 g/mol. The Kier molecular flexibility index (Phi) is 4.41. The van der Waals surface area contributed by atoms with Crippen molar-refractivity contribution < 1.29 is 17.2 Å². The summed E-state index contributed by atoms with van der Waals surface area (Å²) in [5.41, 5.74) is 3.12. The standard InChI is InChI=1S/C22H23F2N3O2S/c1-26(14-16-13-22(16,23)24)21-8-7-17(30(28,29)27-9-4-10-27)12-18(21)20-11-15-5-2-3-6-19(15)25-20/h2-3,5-8,11-12,16,25H,4,9-10,13-14H2,1H3. The van der Waals surface area contributed by atoms with Gasteiger partial charge in [-0.1, -0.05) is 18.2 Å². The number of hydrogen-bond donors (Lipinski definition) is 1. The first-order chi connectivity index (χ1) is 14.3. The van der Waals surface area contributed by atoms with Gasteiger partial charge in [0.2, 0.25) is 10.0 Å². The molecule has 1 atom stereocenters. The first kappa shape index (κ1) is 19.5. The van der Waals surface area contributed by atoms with Crippen molar-refractivity contribution in [3.63, 3.8) is 0 Å². The summed E-state index contributed by atoms with van der Waals surface area (Å²) < 4.78 is 54.3. The summed E-state index contributed by atoms with van der Waals surface area (Å²) in [5.74, 6) is -3.27. The van der Waals surface area contributed by atoms with E-state index in [0.29, 0.717) is 18.7 Å². The van der Waals surface area contributed by atoms with E-state index in [1.165, 1.54) is 4.31 Å². The average molecular weight is 432 g/mol. The Bertz CT molecular complexity index is 1190. The minimum Gasteiger partial charge on any atom is -0.374 e. The van der Waals surface area contributed by atoms with Gasteiger partial charge in [-0.2, -0.15) is 4.31 Å². The van der Waals surface area contributed by atoms with Gasteiger partial charge in [0, 0.05) is 66.9 Å². The number of aromatic nitrogens is 1. The number of alkyl halides is 2. The molecule has 0 bridgehead atoms. The van der Waals surface area contributed by atoms with Crippen LogP contribution in [0.4, 0.5) is 14.5 Å². The predicted octanol–water partition coefficient (Wildman–Crippen LogP) is 4.32. The Hall–Kier alpha value is -2.45. The van der Waals surface area contributed by atoms with Gasteiger partial charge in [-0.25, -0.2) is 17.2 Å². The summed E-state index contributed by atoms with van der Waals surface area (Å²) in [7, 11) is -1.78. The van der Waals surface area contributed by atoms with E-state index in [-0.39, 0.29) is 17.9 Å². The lowest BCUT2D eigenvalue weighted by molar-refractivity contribution is 0.100. The molecule has 8 heteroatoms. The maximum atomic E-state index is 13.5. The van der Waals surface area contributed by atoms with E-state index in [1.807, 2.05) is 30.3 Å². The van der Waals surface area contributed by atoms with Crippen LogP contribution in [0.5, 0.6) is 0 Å². The van der Waals surface area contributed by atoms with Gasteiger partial charge in [-0.3, -0.25) is 0 Å². The number of nitrogens with zero attached hydrogens (tertiary/aromatic N) is 2. The van der Waals surface area contributed by atoms with Crippen LogP contribution in [0.1, 0.15) is 12.8 Å². The highest BCUT2D eigenvalue weighted by Gasteiger charge is 2.57. The average Bonchev–Trinajstić information content (AvgIpc) is 3.07. The molecule has 2 fully saturated rings. The molecule has 0 spiro atoms. The Morgan fingerprint density at radius 2 is 1.90 bits per heavy atom. The molecule has 1 unspecified atom stereocenters. The molecular formula is C22H23F2N3O2S. The Morgan fingerprint density at radius 3 is 2.53 bits per heavy atom. The number of rotatable bonds is 6. The molecule has 1 saturated heterocycles. The highest BCUT2D eigenvalue weighted by Crippen LogP contribution is 2.49. The highest BCUT2D eigenvalue weighted by atomic mass is 32.2. The van der Waals surface area contributed by atoms with Crippen LogP contribution in [0, 0.1) is 5.92 Å². The van der Waals surface area contributed by atoms with Crippen molar-refractivity contribution in [2.45, 2.75) is 23.7 Å². The number of hydrogen-bond acceptors (Lipinski definition) is 3. The summed E-state index contributed by atoms with van der Waals surface area (Å²) in [4.78, 5) is 5.37. The molecule has 5 rings (SSSR count). The first-order valence-electron chi connectivity index (χ1n) is 10.1. The zero-order valence-corrected chi connectivity index (χ0v) is 17.4. The van der Waals surface area contributed by atoms with Crippen molar-refractivity contribution in [2.75, 3.05) is 31.6 Å². The van der Waals surface area contributed by atoms with Crippen LogP contribution in [0.2, 0.25) is 0 Å². The second-order valence-corrected chi connectivity index (χ2v) is 10.2. The van der Waals surface area contributed by atoms with Gasteiger partial charge in [0.25, 0.3) is 5.92 Å². The Labute approximate surface area is 174 Å². The van der Waals surface area contributed by atoms with E-state index in [1.54, 1.807) is 30.1 Å². The van der Waals surface area contributed by atoms with Crippen LogP contribution in [-0.2, 0) is 10.0 Å². The molecule has 1 aliphatic heterocycles. The SMILES string of the molecule is CN(CC1CC1(F)F)c1ccc(S(=O)(=O)N2CCC2)cc1-c1cc2ccccc2[nH]1. The van der Waals surface area contributed by atoms with Crippen LogP contribution in [0.25, 0.3) is 22.2 Å². The number of benzene rings is 2. The van der Waals surface area contributed by atoms with E-state index in [9.17, 15) is 17.2 Å². The van der Waals surface area contributed by atoms with E-state index in [0.717, 1.165) is 28.7 Å². The van der Waals surface area contributed by atoms with Crippen LogP contribution in [-0.4, -0.2) is 50.3 Å². The molecule has 0 amide bonds. The minimum atomic E-state index is -3.55. The Balaban J connectivity index is 1.59.